The molecule has 2 aromatic carbocycles. The molecule has 0 aromatic heterocycles. The number of ether oxygens (including phenoxy) is 2. The fraction of sp³-hybridized carbons (Fsp3) is 0.520. The van der Waals surface area contributed by atoms with E-state index in [0.717, 1.165) is 30.5 Å². The highest BCUT2D eigenvalue weighted by Crippen LogP contribution is 2.45. The number of rotatable bonds is 5. The molecule has 4 heteroatoms. The molecule has 2 saturated heterocycles. The maximum absolute atomic E-state index is 5.76. The number of nitrogens with zero attached hydrogens (tertiary/aromatic N) is 2. The second-order valence-electron chi connectivity index (χ2n) is 9.06. The van der Waals surface area contributed by atoms with Gasteiger partial charge in [-0.15, -0.1) is 0 Å². The van der Waals surface area contributed by atoms with Gasteiger partial charge in [-0.1, -0.05) is 18.2 Å². The number of likely N-dealkylation sites (tertiary alicyclic amines) is 2. The smallest absolute Gasteiger partial charge is 0.123 e. The normalized spacial score (nSPS) is 26.5. The second-order valence-corrected chi connectivity index (χ2v) is 9.06. The first kappa shape index (κ1) is 19.0. The van der Waals surface area contributed by atoms with Gasteiger partial charge in [-0.2, -0.15) is 0 Å². The summed E-state index contributed by atoms with van der Waals surface area (Å²) in [6.07, 6.45) is 3.71. The first-order chi connectivity index (χ1) is 14.2. The van der Waals surface area contributed by atoms with Crippen molar-refractivity contribution in [1.29, 1.82) is 0 Å². The molecular formula is C25H32N2O2. The van der Waals surface area contributed by atoms with Gasteiger partial charge in [0.1, 0.15) is 11.5 Å². The molecule has 2 fully saturated rings. The summed E-state index contributed by atoms with van der Waals surface area (Å²) in [6, 6.07) is 13.9. The largest absolute Gasteiger partial charge is 0.497 e. The summed E-state index contributed by atoms with van der Waals surface area (Å²) in [5, 5.41) is 0. The third kappa shape index (κ3) is 3.43. The Morgan fingerprint density at radius 2 is 1.69 bits per heavy atom. The van der Waals surface area contributed by atoms with Crippen molar-refractivity contribution in [1.82, 2.24) is 9.80 Å². The minimum absolute atomic E-state index is 0.498. The van der Waals surface area contributed by atoms with E-state index in [1.54, 1.807) is 7.11 Å². The molecular weight excluding hydrogens is 360 g/mol. The van der Waals surface area contributed by atoms with Gasteiger partial charge in [0.05, 0.1) is 14.2 Å². The summed E-state index contributed by atoms with van der Waals surface area (Å²) in [6.45, 7) is 4.52. The summed E-state index contributed by atoms with van der Waals surface area (Å²) in [7, 11) is 5.82. The molecule has 2 aromatic rings. The quantitative estimate of drug-likeness (QED) is 0.770. The summed E-state index contributed by atoms with van der Waals surface area (Å²) >= 11 is 0. The average Bonchev–Trinajstić information content (AvgIpc) is 3.41. The first-order valence-electron chi connectivity index (χ1n) is 10.9. The van der Waals surface area contributed by atoms with E-state index >= 15 is 0 Å². The van der Waals surface area contributed by atoms with E-state index in [1.165, 1.54) is 54.6 Å². The molecule has 0 radical (unpaired) electrons. The van der Waals surface area contributed by atoms with Gasteiger partial charge >= 0.3 is 0 Å². The minimum Gasteiger partial charge on any atom is -0.497 e. The zero-order valence-electron chi connectivity index (χ0n) is 17.9. The van der Waals surface area contributed by atoms with Crippen LogP contribution in [0.25, 0.3) is 0 Å². The molecule has 1 aliphatic carbocycles. The maximum atomic E-state index is 5.76. The van der Waals surface area contributed by atoms with E-state index in [-0.39, 0.29) is 0 Å². The van der Waals surface area contributed by atoms with Gasteiger partial charge in [0, 0.05) is 37.8 Å². The lowest BCUT2D eigenvalue weighted by molar-refractivity contribution is 0.223. The molecule has 2 aliphatic heterocycles. The zero-order chi connectivity index (χ0) is 20.0. The Hall–Kier alpha value is -2.04. The van der Waals surface area contributed by atoms with Crippen LogP contribution in [0.15, 0.2) is 36.4 Å². The van der Waals surface area contributed by atoms with Gasteiger partial charge < -0.3 is 9.47 Å². The van der Waals surface area contributed by atoms with E-state index in [2.05, 4.69) is 53.2 Å². The molecule has 3 aliphatic rings. The molecule has 2 heterocycles. The molecule has 154 valence electrons. The van der Waals surface area contributed by atoms with Crippen LogP contribution in [0.1, 0.15) is 34.7 Å². The van der Waals surface area contributed by atoms with Crippen LogP contribution in [0, 0.1) is 11.8 Å². The Morgan fingerprint density at radius 1 is 0.931 bits per heavy atom. The summed E-state index contributed by atoms with van der Waals surface area (Å²) in [5.41, 5.74) is 5.81. The predicted molar refractivity (Wildman–Crippen MR) is 116 cm³/mol. The predicted octanol–water partition coefficient (Wildman–Crippen LogP) is 3.93. The molecule has 0 N–H and O–H groups in total. The third-order valence-electron chi connectivity index (χ3n) is 7.32. The molecule has 0 saturated carbocycles. The Balaban J connectivity index is 1.33. The number of hydrogen-bond donors (Lipinski definition) is 0. The molecule has 0 bridgehead atoms. The van der Waals surface area contributed by atoms with Gasteiger partial charge in [0.15, 0.2) is 0 Å². The highest BCUT2D eigenvalue weighted by Gasteiger charge is 2.46. The lowest BCUT2D eigenvalue weighted by Crippen LogP contribution is -2.29. The lowest BCUT2D eigenvalue weighted by atomic mass is 9.89. The summed E-state index contributed by atoms with van der Waals surface area (Å²) in [4.78, 5) is 5.20. The Bertz CT molecular complexity index is 879. The number of aryl methyl sites for hydroxylation is 2. The summed E-state index contributed by atoms with van der Waals surface area (Å²) in [5.74, 6) is 3.44. The highest BCUT2D eigenvalue weighted by molar-refractivity contribution is 5.45. The zero-order valence-corrected chi connectivity index (χ0v) is 17.9. The second kappa shape index (κ2) is 7.66. The van der Waals surface area contributed by atoms with Crippen molar-refractivity contribution in [2.75, 3.05) is 40.9 Å². The van der Waals surface area contributed by atoms with Crippen LogP contribution in [0.3, 0.4) is 0 Å². The van der Waals surface area contributed by atoms with E-state index < -0.39 is 0 Å². The van der Waals surface area contributed by atoms with E-state index in [0.29, 0.717) is 12.0 Å². The van der Waals surface area contributed by atoms with Crippen LogP contribution >= 0.6 is 0 Å². The van der Waals surface area contributed by atoms with Crippen molar-refractivity contribution < 1.29 is 9.47 Å². The Morgan fingerprint density at radius 3 is 2.41 bits per heavy atom. The van der Waals surface area contributed by atoms with Crippen LogP contribution < -0.4 is 9.47 Å². The van der Waals surface area contributed by atoms with Crippen LogP contribution in [-0.4, -0.2) is 50.7 Å². The monoisotopic (exact) mass is 392 g/mol. The van der Waals surface area contributed by atoms with Crippen LogP contribution in [0.5, 0.6) is 11.5 Å². The molecule has 3 atom stereocenters. The number of hydrogen-bond acceptors (Lipinski definition) is 4. The van der Waals surface area contributed by atoms with E-state index in [9.17, 15) is 0 Å². The molecule has 4 nitrogen and oxygen atoms in total. The number of methoxy groups -OCH3 is 2. The van der Waals surface area contributed by atoms with Crippen molar-refractivity contribution >= 4 is 0 Å². The summed E-state index contributed by atoms with van der Waals surface area (Å²) < 4.78 is 11.1. The topological polar surface area (TPSA) is 24.9 Å². The Labute approximate surface area is 174 Å². The van der Waals surface area contributed by atoms with Crippen LogP contribution in [0.4, 0.5) is 0 Å². The fourth-order valence-corrected chi connectivity index (χ4v) is 5.99. The first-order valence-corrected chi connectivity index (χ1v) is 10.9. The molecule has 29 heavy (non-hydrogen) atoms. The Kier molecular flexibility index (Phi) is 5.00. The van der Waals surface area contributed by atoms with E-state index in [1.807, 2.05) is 7.11 Å². The van der Waals surface area contributed by atoms with Gasteiger partial charge in [-0.25, -0.2) is 0 Å². The molecule has 0 unspecified atom stereocenters. The molecule has 5 rings (SSSR count). The lowest BCUT2D eigenvalue weighted by Gasteiger charge is -2.27. The molecule has 0 amide bonds. The van der Waals surface area contributed by atoms with Crippen LogP contribution in [-0.2, 0) is 19.4 Å². The standard InChI is InChI=1S/C25H32N2O2/c1-26-13-21-15-27(14-20-11-18-5-4-6-19(18)12-24(20)29-3)16-23(21)25(26)17-7-9-22(28-2)10-8-17/h7-12,21,23,25H,4-6,13-16H2,1-3H3/t21-,23+,25-/m0/s1. The maximum Gasteiger partial charge on any atom is 0.123 e. The number of fused-ring (bicyclic) bond motifs is 2. The average molecular weight is 393 g/mol. The fourth-order valence-electron chi connectivity index (χ4n) is 5.99. The van der Waals surface area contributed by atoms with Crippen molar-refractivity contribution in [2.45, 2.75) is 31.8 Å². The van der Waals surface area contributed by atoms with Crippen molar-refractivity contribution in [2.24, 2.45) is 11.8 Å². The third-order valence-corrected chi connectivity index (χ3v) is 7.32. The van der Waals surface area contributed by atoms with Crippen molar-refractivity contribution in [3.63, 3.8) is 0 Å². The van der Waals surface area contributed by atoms with Gasteiger partial charge in [0.2, 0.25) is 0 Å². The van der Waals surface area contributed by atoms with E-state index in [4.69, 9.17) is 9.47 Å². The van der Waals surface area contributed by atoms with Crippen LogP contribution in [0.2, 0.25) is 0 Å². The highest BCUT2D eigenvalue weighted by atomic mass is 16.5. The van der Waals surface area contributed by atoms with Gasteiger partial charge in [-0.3, -0.25) is 9.80 Å². The van der Waals surface area contributed by atoms with Crippen molar-refractivity contribution in [3.05, 3.63) is 58.7 Å². The minimum atomic E-state index is 0.498. The van der Waals surface area contributed by atoms with Gasteiger partial charge in [-0.05, 0) is 73.0 Å². The number of benzene rings is 2. The van der Waals surface area contributed by atoms with Crippen molar-refractivity contribution in [3.8, 4) is 11.5 Å². The SMILES string of the molecule is COc1ccc([C@H]2[C@@H]3CN(Cc4cc5c(cc4OC)CCC5)C[C@@H]3CN2C)cc1. The molecule has 0 spiro atoms. The van der Waals surface area contributed by atoms with Gasteiger partial charge in [0.25, 0.3) is 0 Å².